The molecule has 6 heteroatoms. The first-order valence-corrected chi connectivity index (χ1v) is 7.24. The van der Waals surface area contributed by atoms with Crippen molar-refractivity contribution in [1.82, 2.24) is 4.98 Å². The van der Waals surface area contributed by atoms with Crippen molar-refractivity contribution in [1.29, 1.82) is 0 Å². The summed E-state index contributed by atoms with van der Waals surface area (Å²) < 4.78 is 4.82. The van der Waals surface area contributed by atoms with E-state index in [-0.39, 0.29) is 11.4 Å². The van der Waals surface area contributed by atoms with Crippen molar-refractivity contribution in [2.45, 2.75) is 0 Å². The molecule has 0 saturated heterocycles. The van der Waals surface area contributed by atoms with E-state index >= 15 is 0 Å². The summed E-state index contributed by atoms with van der Waals surface area (Å²) >= 11 is 6.03. The van der Waals surface area contributed by atoms with Crippen LogP contribution in [0.15, 0.2) is 48.5 Å². The van der Waals surface area contributed by atoms with Crippen LogP contribution in [0, 0.1) is 0 Å². The van der Waals surface area contributed by atoms with Crippen LogP contribution in [-0.4, -0.2) is 24.0 Å². The minimum absolute atomic E-state index is 0.281. The lowest BCUT2D eigenvalue weighted by Crippen LogP contribution is -2.15. The number of halogens is 1. The van der Waals surface area contributed by atoms with Crippen molar-refractivity contribution >= 4 is 40.2 Å². The Kier molecular flexibility index (Phi) is 4.04. The highest BCUT2D eigenvalue weighted by molar-refractivity contribution is 6.34. The predicted octanol–water partition coefficient (Wildman–Crippen LogP) is 3.86. The molecule has 3 aromatic rings. The summed E-state index contributed by atoms with van der Waals surface area (Å²) in [5.74, 6) is -0.660. The van der Waals surface area contributed by atoms with Crippen LogP contribution < -0.4 is 5.32 Å². The zero-order valence-corrected chi connectivity index (χ0v) is 13.0. The van der Waals surface area contributed by atoms with E-state index in [1.165, 1.54) is 7.11 Å². The number of esters is 1. The second kappa shape index (κ2) is 6.14. The highest BCUT2D eigenvalue weighted by atomic mass is 35.5. The molecule has 0 atom stereocenters. The maximum Gasteiger partial charge on any atom is 0.342 e. The fourth-order valence-electron chi connectivity index (χ4n) is 2.38. The van der Waals surface area contributed by atoms with Crippen LogP contribution in [-0.2, 0) is 4.74 Å². The Labute approximate surface area is 137 Å². The second-order valence-corrected chi connectivity index (χ2v) is 5.25. The number of anilines is 1. The Hall–Kier alpha value is -2.79. The zero-order valence-electron chi connectivity index (χ0n) is 12.2. The van der Waals surface area contributed by atoms with Gasteiger partial charge in [-0.05, 0) is 18.2 Å². The lowest BCUT2D eigenvalue weighted by molar-refractivity contribution is 0.0604. The molecule has 0 fully saturated rings. The summed E-state index contributed by atoms with van der Waals surface area (Å²) in [5.41, 5.74) is 1.33. The Morgan fingerprint density at radius 1 is 1.09 bits per heavy atom. The minimum atomic E-state index is -0.531. The molecule has 3 rings (SSSR count). The van der Waals surface area contributed by atoms with Gasteiger partial charge in [0.15, 0.2) is 0 Å². The molecule has 0 radical (unpaired) electrons. The lowest BCUT2D eigenvalue weighted by atomic mass is 10.1. The molecule has 116 valence electrons. The minimum Gasteiger partial charge on any atom is -0.465 e. The van der Waals surface area contributed by atoms with Gasteiger partial charge in [0, 0.05) is 10.9 Å². The van der Waals surface area contributed by atoms with E-state index in [2.05, 4.69) is 10.3 Å². The van der Waals surface area contributed by atoms with Gasteiger partial charge in [0.25, 0.3) is 5.91 Å². The van der Waals surface area contributed by atoms with Crippen molar-refractivity contribution in [3.63, 3.8) is 0 Å². The summed E-state index contributed by atoms with van der Waals surface area (Å²) in [6.45, 7) is 0. The first-order valence-electron chi connectivity index (χ1n) is 6.86. The summed E-state index contributed by atoms with van der Waals surface area (Å²) in [4.78, 5) is 27.5. The van der Waals surface area contributed by atoms with Crippen LogP contribution in [0.25, 0.3) is 10.9 Å². The molecule has 0 aliphatic rings. The van der Waals surface area contributed by atoms with Gasteiger partial charge in [-0.2, -0.15) is 0 Å². The number of fused-ring (bicyclic) bond motifs is 1. The van der Waals surface area contributed by atoms with Gasteiger partial charge in [-0.15, -0.1) is 0 Å². The van der Waals surface area contributed by atoms with Crippen LogP contribution in [0.2, 0.25) is 5.02 Å². The topological polar surface area (TPSA) is 71.2 Å². The molecule has 0 spiro atoms. The molecule has 0 bridgehead atoms. The number of ether oxygens (including phenoxy) is 1. The molecule has 2 N–H and O–H groups in total. The van der Waals surface area contributed by atoms with E-state index in [9.17, 15) is 9.59 Å². The zero-order chi connectivity index (χ0) is 16.4. The highest BCUT2D eigenvalue weighted by Crippen LogP contribution is 2.28. The predicted molar refractivity (Wildman–Crippen MR) is 89.0 cm³/mol. The second-order valence-electron chi connectivity index (χ2n) is 4.85. The number of benzene rings is 2. The van der Waals surface area contributed by atoms with Crippen molar-refractivity contribution in [2.24, 2.45) is 0 Å². The monoisotopic (exact) mass is 328 g/mol. The molecule has 1 heterocycles. The van der Waals surface area contributed by atoms with Crippen molar-refractivity contribution in [2.75, 3.05) is 12.4 Å². The normalized spacial score (nSPS) is 10.5. The number of amides is 1. The van der Waals surface area contributed by atoms with E-state index in [0.717, 1.165) is 5.52 Å². The third-order valence-corrected chi connectivity index (χ3v) is 3.78. The highest BCUT2D eigenvalue weighted by Gasteiger charge is 2.21. The Morgan fingerprint density at radius 2 is 1.78 bits per heavy atom. The van der Waals surface area contributed by atoms with Crippen LogP contribution in [0.4, 0.5) is 5.82 Å². The molecular weight excluding hydrogens is 316 g/mol. The van der Waals surface area contributed by atoms with E-state index in [4.69, 9.17) is 16.3 Å². The summed E-state index contributed by atoms with van der Waals surface area (Å²) in [6.07, 6.45) is 0. The Balaban J connectivity index is 2.04. The van der Waals surface area contributed by atoms with Crippen LogP contribution in [0.1, 0.15) is 20.7 Å². The van der Waals surface area contributed by atoms with Gasteiger partial charge in [-0.3, -0.25) is 4.79 Å². The molecule has 0 aliphatic heterocycles. The van der Waals surface area contributed by atoms with Crippen LogP contribution >= 0.6 is 11.6 Å². The third kappa shape index (κ3) is 2.78. The summed E-state index contributed by atoms with van der Waals surface area (Å²) in [5, 5.41) is 3.70. The van der Waals surface area contributed by atoms with Gasteiger partial charge in [0.05, 0.1) is 17.7 Å². The van der Waals surface area contributed by atoms with E-state index < -0.39 is 11.9 Å². The van der Waals surface area contributed by atoms with Crippen molar-refractivity contribution in [3.05, 3.63) is 64.7 Å². The van der Waals surface area contributed by atoms with Gasteiger partial charge in [-0.25, -0.2) is 4.79 Å². The number of carbonyl (C=O) groups is 2. The van der Waals surface area contributed by atoms with Crippen LogP contribution in [0.3, 0.4) is 0 Å². The van der Waals surface area contributed by atoms with Crippen molar-refractivity contribution < 1.29 is 14.3 Å². The van der Waals surface area contributed by atoms with Gasteiger partial charge >= 0.3 is 5.97 Å². The largest absolute Gasteiger partial charge is 0.465 e. The van der Waals surface area contributed by atoms with Gasteiger partial charge < -0.3 is 15.0 Å². The van der Waals surface area contributed by atoms with E-state index in [0.29, 0.717) is 16.0 Å². The maximum atomic E-state index is 12.4. The molecule has 2 aromatic carbocycles. The number of nitrogens with one attached hydrogen (secondary N) is 2. The fraction of sp³-hybridized carbons (Fsp3) is 0.0588. The van der Waals surface area contributed by atoms with E-state index in [1.54, 1.807) is 30.3 Å². The van der Waals surface area contributed by atoms with Crippen LogP contribution in [0.5, 0.6) is 0 Å². The number of para-hydroxylation sites is 1. The average Bonchev–Trinajstić information content (AvgIpc) is 2.92. The van der Waals surface area contributed by atoms with Gasteiger partial charge in [-0.1, -0.05) is 41.9 Å². The SMILES string of the molecule is COC(=O)c1c(NC(=O)c2ccccc2Cl)[nH]c2ccccc12. The number of H-pyrrole nitrogens is 1. The molecule has 1 amide bonds. The Bertz CT molecular complexity index is 902. The Morgan fingerprint density at radius 3 is 2.52 bits per heavy atom. The quantitative estimate of drug-likeness (QED) is 0.717. The molecule has 0 unspecified atom stereocenters. The molecule has 23 heavy (non-hydrogen) atoms. The molecule has 0 aliphatic carbocycles. The third-order valence-electron chi connectivity index (χ3n) is 3.45. The molecule has 0 saturated carbocycles. The first kappa shape index (κ1) is 15.1. The number of aromatic amines is 1. The van der Waals surface area contributed by atoms with Gasteiger partial charge in [0.1, 0.15) is 11.4 Å². The summed E-state index contributed by atoms with van der Waals surface area (Å²) in [7, 11) is 1.30. The smallest absolute Gasteiger partial charge is 0.342 e. The average molecular weight is 329 g/mol. The number of methoxy groups -OCH3 is 1. The summed E-state index contributed by atoms with van der Waals surface area (Å²) in [6, 6.07) is 13.9. The molecular formula is C17H13ClN2O3. The van der Waals surface area contributed by atoms with E-state index in [1.807, 2.05) is 18.2 Å². The fourth-order valence-corrected chi connectivity index (χ4v) is 2.60. The first-order chi connectivity index (χ1) is 11.1. The number of hydrogen-bond acceptors (Lipinski definition) is 3. The molecule has 5 nitrogen and oxygen atoms in total. The lowest BCUT2D eigenvalue weighted by Gasteiger charge is -2.07. The number of carbonyl (C=O) groups excluding carboxylic acids is 2. The molecule has 1 aromatic heterocycles. The standard InChI is InChI=1S/C17H13ClN2O3/c1-23-17(22)14-11-7-3-5-9-13(11)19-15(14)20-16(21)10-6-2-4-8-12(10)18/h2-9,19H,1H3,(H,20,21). The van der Waals surface area contributed by atoms with Gasteiger partial charge in [0.2, 0.25) is 0 Å². The number of aromatic nitrogens is 1. The maximum absolute atomic E-state index is 12.4. The number of rotatable bonds is 3. The number of hydrogen-bond donors (Lipinski definition) is 2. The van der Waals surface area contributed by atoms with Crippen molar-refractivity contribution in [3.8, 4) is 0 Å².